The van der Waals surface area contributed by atoms with Gasteiger partial charge in [0.15, 0.2) is 0 Å². The number of fused-ring (bicyclic) bond motifs is 1. The van der Waals surface area contributed by atoms with Crippen LogP contribution in [0.5, 0.6) is 0 Å². The maximum Gasteiger partial charge on any atom is 0.0618 e. The highest BCUT2D eigenvalue weighted by atomic mass is 16.5. The Labute approximate surface area is 74.7 Å². The summed E-state index contributed by atoms with van der Waals surface area (Å²) in [7, 11) is 3.85. The number of nitrogens with one attached hydrogen (secondary N) is 1. The maximum absolute atomic E-state index is 5.20. The molecule has 2 heteroatoms. The van der Waals surface area contributed by atoms with E-state index in [2.05, 4.69) is 12.4 Å². The fraction of sp³-hybridized carbons (Fsp3) is 1.00. The molecule has 2 nitrogen and oxygen atoms in total. The summed E-state index contributed by atoms with van der Waals surface area (Å²) < 4.78 is 5.20. The molecular weight excluding hydrogens is 150 g/mol. The van der Waals surface area contributed by atoms with Crippen LogP contribution >= 0.6 is 0 Å². The SMILES string of the molecule is CNC(COC)C1C2CCCC21. The molecule has 70 valence electrons. The van der Waals surface area contributed by atoms with Gasteiger partial charge in [0.2, 0.25) is 0 Å². The first kappa shape index (κ1) is 8.52. The van der Waals surface area contributed by atoms with E-state index in [9.17, 15) is 0 Å². The van der Waals surface area contributed by atoms with Crippen molar-refractivity contribution in [3.8, 4) is 0 Å². The molecule has 3 atom stereocenters. The summed E-state index contributed by atoms with van der Waals surface area (Å²) in [6, 6.07) is 0.616. The van der Waals surface area contributed by atoms with Gasteiger partial charge < -0.3 is 10.1 Å². The molecule has 0 aliphatic heterocycles. The van der Waals surface area contributed by atoms with Crippen LogP contribution in [0.15, 0.2) is 0 Å². The molecule has 2 fully saturated rings. The minimum Gasteiger partial charge on any atom is -0.383 e. The molecule has 0 heterocycles. The van der Waals surface area contributed by atoms with Gasteiger partial charge in [-0.3, -0.25) is 0 Å². The van der Waals surface area contributed by atoms with Gasteiger partial charge in [0.05, 0.1) is 6.61 Å². The summed E-state index contributed by atoms with van der Waals surface area (Å²) >= 11 is 0. The van der Waals surface area contributed by atoms with E-state index in [-0.39, 0.29) is 0 Å². The molecule has 2 aliphatic rings. The second-order valence-electron chi connectivity index (χ2n) is 4.19. The first-order valence-corrected chi connectivity index (χ1v) is 5.04. The lowest BCUT2D eigenvalue weighted by atomic mass is 10.1. The van der Waals surface area contributed by atoms with E-state index in [4.69, 9.17) is 4.74 Å². The summed E-state index contributed by atoms with van der Waals surface area (Å²) in [6.07, 6.45) is 4.41. The van der Waals surface area contributed by atoms with Crippen LogP contribution in [-0.4, -0.2) is 26.8 Å². The zero-order valence-electron chi connectivity index (χ0n) is 8.05. The van der Waals surface area contributed by atoms with E-state index in [1.54, 1.807) is 7.11 Å². The van der Waals surface area contributed by atoms with Gasteiger partial charge >= 0.3 is 0 Å². The van der Waals surface area contributed by atoms with Crippen LogP contribution in [0.3, 0.4) is 0 Å². The molecule has 0 radical (unpaired) electrons. The van der Waals surface area contributed by atoms with Gasteiger partial charge in [-0.2, -0.15) is 0 Å². The highest BCUT2D eigenvalue weighted by molar-refractivity contribution is 5.05. The molecule has 0 saturated heterocycles. The first-order chi connectivity index (χ1) is 5.88. The lowest BCUT2D eigenvalue weighted by molar-refractivity contribution is 0.155. The molecule has 0 aromatic rings. The van der Waals surface area contributed by atoms with Crippen molar-refractivity contribution in [3.63, 3.8) is 0 Å². The summed E-state index contributed by atoms with van der Waals surface area (Å²) in [5.41, 5.74) is 0. The molecule has 3 unspecified atom stereocenters. The van der Waals surface area contributed by atoms with Gasteiger partial charge in [-0.15, -0.1) is 0 Å². The molecule has 0 bridgehead atoms. The molecule has 1 N–H and O–H groups in total. The smallest absolute Gasteiger partial charge is 0.0618 e. The highest BCUT2D eigenvalue weighted by Crippen LogP contribution is 2.58. The second-order valence-corrected chi connectivity index (χ2v) is 4.19. The Hall–Kier alpha value is -0.0800. The molecule has 12 heavy (non-hydrogen) atoms. The molecule has 2 aliphatic carbocycles. The molecule has 0 spiro atoms. The van der Waals surface area contributed by atoms with Crippen molar-refractivity contribution < 1.29 is 4.74 Å². The van der Waals surface area contributed by atoms with Crippen molar-refractivity contribution in [3.05, 3.63) is 0 Å². The molecule has 0 aromatic heterocycles. The van der Waals surface area contributed by atoms with Crippen LogP contribution in [-0.2, 0) is 4.74 Å². The van der Waals surface area contributed by atoms with Crippen LogP contribution in [0.2, 0.25) is 0 Å². The fourth-order valence-corrected chi connectivity index (χ4v) is 3.04. The van der Waals surface area contributed by atoms with Crippen LogP contribution in [0.1, 0.15) is 19.3 Å². The number of methoxy groups -OCH3 is 1. The normalized spacial score (nSPS) is 41.0. The van der Waals surface area contributed by atoms with E-state index < -0.39 is 0 Å². The predicted molar refractivity (Wildman–Crippen MR) is 49.0 cm³/mol. The lowest BCUT2D eigenvalue weighted by Gasteiger charge is -2.16. The van der Waals surface area contributed by atoms with Gasteiger partial charge in [0.1, 0.15) is 0 Å². The van der Waals surface area contributed by atoms with Gasteiger partial charge in [-0.05, 0) is 37.6 Å². The third-order valence-corrected chi connectivity index (χ3v) is 3.65. The zero-order valence-corrected chi connectivity index (χ0v) is 8.05. The second kappa shape index (κ2) is 3.35. The van der Waals surface area contributed by atoms with Crippen molar-refractivity contribution in [2.75, 3.05) is 20.8 Å². The standard InChI is InChI=1S/C10H19NO/c1-11-9(6-12-2)10-7-4-3-5-8(7)10/h7-11H,3-6H2,1-2H3. The van der Waals surface area contributed by atoms with Gasteiger partial charge in [0, 0.05) is 13.2 Å². The Morgan fingerprint density at radius 2 is 2.08 bits per heavy atom. The Kier molecular flexibility index (Phi) is 2.37. The Bertz CT molecular complexity index is 150. The van der Waals surface area contributed by atoms with Crippen molar-refractivity contribution in [1.82, 2.24) is 5.32 Å². The maximum atomic E-state index is 5.20. The Morgan fingerprint density at radius 3 is 2.58 bits per heavy atom. The number of hydrogen-bond donors (Lipinski definition) is 1. The summed E-state index contributed by atoms with van der Waals surface area (Å²) in [4.78, 5) is 0. The molecule has 2 saturated carbocycles. The van der Waals surface area contributed by atoms with E-state index in [0.717, 1.165) is 24.4 Å². The summed E-state index contributed by atoms with van der Waals surface area (Å²) in [5.74, 6) is 3.01. The molecule has 2 rings (SSSR count). The number of rotatable bonds is 4. The summed E-state index contributed by atoms with van der Waals surface area (Å²) in [5, 5.41) is 3.37. The topological polar surface area (TPSA) is 21.3 Å². The molecule has 0 aromatic carbocycles. The van der Waals surface area contributed by atoms with E-state index in [0.29, 0.717) is 6.04 Å². The Balaban J connectivity index is 1.84. The predicted octanol–water partition coefficient (Wildman–Crippen LogP) is 1.27. The van der Waals surface area contributed by atoms with Crippen LogP contribution in [0, 0.1) is 17.8 Å². The highest BCUT2D eigenvalue weighted by Gasteiger charge is 2.55. The van der Waals surface area contributed by atoms with Crippen molar-refractivity contribution in [2.24, 2.45) is 17.8 Å². The third-order valence-electron chi connectivity index (χ3n) is 3.65. The quantitative estimate of drug-likeness (QED) is 0.684. The number of likely N-dealkylation sites (N-methyl/N-ethyl adjacent to an activating group) is 1. The van der Waals surface area contributed by atoms with E-state index in [1.165, 1.54) is 19.3 Å². The first-order valence-electron chi connectivity index (χ1n) is 5.04. The third kappa shape index (κ3) is 1.27. The Morgan fingerprint density at radius 1 is 1.42 bits per heavy atom. The average molecular weight is 169 g/mol. The van der Waals surface area contributed by atoms with Crippen molar-refractivity contribution >= 4 is 0 Å². The minimum absolute atomic E-state index is 0.616. The van der Waals surface area contributed by atoms with E-state index in [1.807, 2.05) is 0 Å². The van der Waals surface area contributed by atoms with Crippen LogP contribution in [0.25, 0.3) is 0 Å². The van der Waals surface area contributed by atoms with Gasteiger partial charge in [0.25, 0.3) is 0 Å². The average Bonchev–Trinajstić information content (AvgIpc) is 2.59. The monoisotopic (exact) mass is 169 g/mol. The summed E-state index contributed by atoms with van der Waals surface area (Å²) in [6.45, 7) is 0.883. The van der Waals surface area contributed by atoms with Crippen LogP contribution in [0.4, 0.5) is 0 Å². The van der Waals surface area contributed by atoms with Gasteiger partial charge in [-0.1, -0.05) is 6.42 Å². The van der Waals surface area contributed by atoms with E-state index >= 15 is 0 Å². The molecule has 0 amide bonds. The number of hydrogen-bond acceptors (Lipinski definition) is 2. The minimum atomic E-state index is 0.616. The zero-order chi connectivity index (χ0) is 8.55. The largest absolute Gasteiger partial charge is 0.383 e. The van der Waals surface area contributed by atoms with Crippen molar-refractivity contribution in [1.29, 1.82) is 0 Å². The van der Waals surface area contributed by atoms with Gasteiger partial charge in [-0.25, -0.2) is 0 Å². The lowest BCUT2D eigenvalue weighted by Crippen LogP contribution is -2.33. The van der Waals surface area contributed by atoms with Crippen LogP contribution < -0.4 is 5.32 Å². The number of ether oxygens (including phenoxy) is 1. The molecular formula is C10H19NO. The fourth-order valence-electron chi connectivity index (χ4n) is 3.04. The van der Waals surface area contributed by atoms with Crippen molar-refractivity contribution in [2.45, 2.75) is 25.3 Å².